The van der Waals surface area contributed by atoms with Crippen LogP contribution in [0.25, 0.3) is 44.6 Å². The largest absolute Gasteiger partial charge is 0.451 e. The summed E-state index contributed by atoms with van der Waals surface area (Å²) in [6.07, 6.45) is 8.10. The van der Waals surface area contributed by atoms with E-state index in [4.69, 9.17) is 10.0 Å². The quantitative estimate of drug-likeness (QED) is 0.0647. The van der Waals surface area contributed by atoms with Gasteiger partial charge in [-0.2, -0.15) is 0 Å². The summed E-state index contributed by atoms with van der Waals surface area (Å²) < 4.78 is 0.832. The lowest BCUT2D eigenvalue weighted by atomic mass is 9.88. The van der Waals surface area contributed by atoms with Gasteiger partial charge in [0, 0.05) is 71.0 Å². The fraction of sp³-hybridized carbons (Fsp3) is 0.143. The second-order valence-electron chi connectivity index (χ2n) is 13.0. The molecule has 8 N–H and O–H groups in total. The molecule has 0 aliphatic heterocycles. The normalized spacial score (nSPS) is 10.5. The first kappa shape index (κ1) is 42.6. The van der Waals surface area contributed by atoms with Gasteiger partial charge in [0.05, 0.1) is 28.3 Å². The van der Waals surface area contributed by atoms with Crippen LogP contribution < -0.4 is 21.3 Å². The molecule has 0 aliphatic rings. The Balaban J connectivity index is 0.000000181. The van der Waals surface area contributed by atoms with Crippen LogP contribution in [-0.2, 0) is 6.42 Å². The zero-order valence-corrected chi connectivity index (χ0v) is 34.7. The Morgan fingerprint density at radius 3 is 1.57 bits per heavy atom. The first-order chi connectivity index (χ1) is 29.1. The minimum absolute atomic E-state index is 0.140. The van der Waals surface area contributed by atoms with Crippen molar-refractivity contribution in [2.24, 2.45) is 0 Å². The molecule has 6 aromatic heterocycles. The molecule has 0 aliphatic carbocycles. The number of carbonyl (C=O) groups excluding carboxylic acids is 2. The number of fused-ring (bicyclic) bond motifs is 2. The van der Waals surface area contributed by atoms with Crippen LogP contribution in [0.5, 0.6) is 0 Å². The summed E-state index contributed by atoms with van der Waals surface area (Å²) in [4.78, 5) is 56.4. The summed E-state index contributed by atoms with van der Waals surface area (Å²) in [7, 11) is 2.10. The first-order valence-electron chi connectivity index (χ1n) is 18.9. The van der Waals surface area contributed by atoms with Crippen molar-refractivity contribution in [1.82, 2.24) is 50.5 Å². The van der Waals surface area contributed by atoms with Crippen LogP contribution in [0.2, 0.25) is 6.32 Å². The van der Waals surface area contributed by atoms with Gasteiger partial charge in [-0.05, 0) is 107 Å². The maximum atomic E-state index is 11.9. The summed E-state index contributed by atoms with van der Waals surface area (Å²) in [5.74, 6) is 0.649. The van der Waals surface area contributed by atoms with Crippen molar-refractivity contribution >= 4 is 79.9 Å². The number of hydrogen-bond acceptors (Lipinski definition) is 12. The molecule has 0 saturated heterocycles. The van der Waals surface area contributed by atoms with Crippen molar-refractivity contribution in [3.63, 3.8) is 0 Å². The summed E-state index contributed by atoms with van der Waals surface area (Å²) in [5.41, 5.74) is 8.68. The molecule has 2 aromatic carbocycles. The highest BCUT2D eigenvalue weighted by Gasteiger charge is 2.14. The average Bonchev–Trinajstić information content (AvgIpc) is 3.92. The van der Waals surface area contributed by atoms with Crippen molar-refractivity contribution in [2.45, 2.75) is 26.6 Å². The Morgan fingerprint density at radius 1 is 0.633 bits per heavy atom. The van der Waals surface area contributed by atoms with Crippen LogP contribution in [0.15, 0.2) is 114 Å². The fourth-order valence-corrected chi connectivity index (χ4v) is 6.44. The lowest BCUT2D eigenvalue weighted by Gasteiger charge is -2.09. The van der Waals surface area contributed by atoms with E-state index in [-0.39, 0.29) is 11.8 Å². The van der Waals surface area contributed by atoms with Crippen molar-refractivity contribution < 1.29 is 19.6 Å². The molecule has 18 heteroatoms. The van der Waals surface area contributed by atoms with Gasteiger partial charge in [0.1, 0.15) is 11.4 Å². The number of amides is 2. The molecule has 0 spiro atoms. The van der Waals surface area contributed by atoms with Gasteiger partial charge >= 0.3 is 7.12 Å². The number of benzene rings is 2. The number of H-pyrrole nitrogens is 2. The van der Waals surface area contributed by atoms with Gasteiger partial charge in [0.25, 0.3) is 11.8 Å². The van der Waals surface area contributed by atoms with E-state index in [0.717, 1.165) is 72.4 Å². The molecule has 6 heterocycles. The lowest BCUT2D eigenvalue weighted by molar-refractivity contribution is 0.0951. The number of nitrogens with zero attached hydrogens (tertiary/aromatic N) is 6. The average molecular weight is 870 g/mol. The van der Waals surface area contributed by atoms with E-state index in [9.17, 15) is 9.59 Å². The number of pyridine rings is 2. The number of aromatic nitrogens is 8. The molecule has 0 unspecified atom stereocenters. The maximum absolute atomic E-state index is 11.9. The van der Waals surface area contributed by atoms with E-state index in [1.165, 1.54) is 0 Å². The van der Waals surface area contributed by atoms with Gasteiger partial charge in [0.2, 0.25) is 11.9 Å². The molecule has 304 valence electrons. The molecule has 16 nitrogen and oxygen atoms in total. The van der Waals surface area contributed by atoms with Crippen LogP contribution in [0.4, 0.5) is 23.3 Å². The Labute approximate surface area is 354 Å². The van der Waals surface area contributed by atoms with E-state index in [2.05, 4.69) is 84.0 Å². The molecule has 0 fully saturated rings. The number of nitrogens with one attached hydrogen (secondary N) is 6. The van der Waals surface area contributed by atoms with Crippen molar-refractivity contribution in [3.8, 4) is 22.8 Å². The molecule has 8 aromatic rings. The topological polar surface area (TPSA) is 232 Å². The van der Waals surface area contributed by atoms with Crippen molar-refractivity contribution in [3.05, 3.63) is 131 Å². The van der Waals surface area contributed by atoms with Gasteiger partial charge in [-0.25, -0.2) is 19.9 Å². The smallest absolute Gasteiger partial charge is 0.427 e. The number of anilines is 4. The third-order valence-corrected chi connectivity index (χ3v) is 9.48. The van der Waals surface area contributed by atoms with Crippen LogP contribution in [0.3, 0.4) is 0 Å². The first-order valence-corrected chi connectivity index (χ1v) is 19.7. The maximum Gasteiger partial charge on any atom is 0.451 e. The van der Waals surface area contributed by atoms with Crippen molar-refractivity contribution in [2.75, 3.05) is 24.7 Å². The Hall–Kier alpha value is -7.02. The molecule has 0 radical (unpaired) electrons. The molecule has 60 heavy (non-hydrogen) atoms. The predicted molar refractivity (Wildman–Crippen MR) is 238 cm³/mol. The van der Waals surface area contributed by atoms with Gasteiger partial charge in [-0.3, -0.25) is 19.6 Å². The van der Waals surface area contributed by atoms with E-state index in [1.54, 1.807) is 51.9 Å². The fourth-order valence-electron chi connectivity index (χ4n) is 5.87. The zero-order chi connectivity index (χ0) is 42.6. The summed E-state index contributed by atoms with van der Waals surface area (Å²) >= 11 is 3.54. The third-order valence-electron chi connectivity index (χ3n) is 8.86. The molecule has 8 rings (SSSR count). The molecule has 2 amide bonds. The highest BCUT2D eigenvalue weighted by Crippen LogP contribution is 2.30. The van der Waals surface area contributed by atoms with Crippen molar-refractivity contribution in [1.29, 1.82) is 0 Å². The highest BCUT2D eigenvalue weighted by atomic mass is 79.9. The zero-order valence-electron chi connectivity index (χ0n) is 33.2. The van der Waals surface area contributed by atoms with Crippen LogP contribution in [-0.4, -0.2) is 82.9 Å². The summed E-state index contributed by atoms with van der Waals surface area (Å²) in [6.45, 7) is 3.78. The number of rotatable bonds is 10. The number of hydrogen-bond donors (Lipinski definition) is 8. The number of halogens is 1. The third kappa shape index (κ3) is 10.7. The monoisotopic (exact) mass is 868 g/mol. The Kier molecular flexibility index (Phi) is 14.3. The molecular formula is C42H42BBrN12O4. The van der Waals surface area contributed by atoms with Crippen LogP contribution >= 0.6 is 15.9 Å². The second-order valence-corrected chi connectivity index (χ2v) is 13.9. The predicted octanol–water partition coefficient (Wildman–Crippen LogP) is 7.05. The van der Waals surface area contributed by atoms with E-state index in [0.29, 0.717) is 29.6 Å². The molecule has 0 saturated carbocycles. The molecule has 0 atom stereocenters. The van der Waals surface area contributed by atoms with Gasteiger partial charge in [0.15, 0.2) is 0 Å². The Bertz CT molecular complexity index is 2710. The standard InChI is InChI=1S/C21H20N6O.C19H15BrN6O.C2H7BO2/c1-3-13-10-15(11-14-12-18(20(28)22-2)26-19(13)14)25-21-24-9-7-17(27-21)16-6-4-5-8-23-16;1-21-18(27)16-9-11-8-12(10-13(20)17(11)25-16)24-19-23-7-5-15(26-19)14-4-2-3-6-22-14;1-2-3(4)5/h4-12,26H,3H2,1-2H3,(H,22,28)(H,24,25,27);2-10,25H,1H3,(H,21,27)(H,23,24,26);4-5H,2H2,1H3. The van der Waals surface area contributed by atoms with E-state index in [1.807, 2.05) is 78.9 Å². The van der Waals surface area contributed by atoms with Gasteiger partial charge in [-0.1, -0.05) is 26.0 Å². The van der Waals surface area contributed by atoms with E-state index < -0.39 is 7.12 Å². The minimum atomic E-state index is -1.12. The number of aryl methyl sites for hydroxylation is 1. The van der Waals surface area contributed by atoms with Gasteiger partial charge in [-0.15, -0.1) is 0 Å². The van der Waals surface area contributed by atoms with Crippen LogP contribution in [0.1, 0.15) is 40.4 Å². The lowest BCUT2D eigenvalue weighted by Crippen LogP contribution is -2.17. The summed E-state index contributed by atoms with van der Waals surface area (Å²) in [5, 5.41) is 29.4. The number of aromatic amines is 2. The second kappa shape index (κ2) is 20.1. The molecular weight excluding hydrogens is 827 g/mol. The highest BCUT2D eigenvalue weighted by molar-refractivity contribution is 9.10. The number of carbonyl (C=O) groups is 2. The Morgan fingerprint density at radius 2 is 1.12 bits per heavy atom. The SMILES string of the molecule is CCB(O)O.CCc1cc(Nc2nccc(-c3ccccn3)n2)cc2cc(C(=O)NC)[nH]c12.CNC(=O)c1cc2cc(Nc3nccc(-c4ccccn4)n3)cc(Br)c2[nH]1. The molecule has 0 bridgehead atoms. The van der Waals surface area contributed by atoms with Crippen LogP contribution in [0, 0.1) is 0 Å². The van der Waals surface area contributed by atoms with E-state index >= 15 is 0 Å². The minimum Gasteiger partial charge on any atom is -0.427 e. The summed E-state index contributed by atoms with van der Waals surface area (Å²) in [6, 6.07) is 26.5. The van der Waals surface area contributed by atoms with Gasteiger partial charge < -0.3 is 41.3 Å².